The minimum Gasteiger partial charge on any atom is -0.441 e. The highest BCUT2D eigenvalue weighted by Crippen LogP contribution is 2.30. The van der Waals surface area contributed by atoms with Gasteiger partial charge in [-0.05, 0) is 35.9 Å². The minimum atomic E-state index is 0.303. The molecule has 0 saturated heterocycles. The van der Waals surface area contributed by atoms with Crippen molar-refractivity contribution in [1.82, 2.24) is 9.38 Å². The van der Waals surface area contributed by atoms with E-state index in [9.17, 15) is 0 Å². The van der Waals surface area contributed by atoms with Crippen molar-refractivity contribution in [3.05, 3.63) is 40.8 Å². The number of furan rings is 1. The molecule has 3 heterocycles. The highest BCUT2D eigenvalue weighted by molar-refractivity contribution is 6.33. The zero-order valence-electron chi connectivity index (χ0n) is 8.52. The summed E-state index contributed by atoms with van der Waals surface area (Å²) in [6, 6.07) is 6.96. The predicted molar refractivity (Wildman–Crippen MR) is 67.3 cm³/mol. The van der Waals surface area contributed by atoms with E-state index in [2.05, 4.69) is 4.98 Å². The molecule has 4 nitrogen and oxygen atoms in total. The number of rotatable bonds is 1. The van der Waals surface area contributed by atoms with Crippen LogP contribution in [-0.2, 0) is 0 Å². The number of pyridine rings is 1. The van der Waals surface area contributed by atoms with Crippen molar-refractivity contribution in [3.8, 4) is 11.6 Å². The molecule has 0 unspecified atom stereocenters. The number of imidazole rings is 1. The molecule has 0 atom stereocenters. The summed E-state index contributed by atoms with van der Waals surface area (Å²) in [5.74, 6) is 1.12. The fourth-order valence-electron chi connectivity index (χ4n) is 1.73. The van der Waals surface area contributed by atoms with E-state index in [-0.39, 0.29) is 0 Å². The number of hydrogen-bond acceptors (Lipinski definition) is 3. The van der Waals surface area contributed by atoms with Crippen LogP contribution < -0.4 is 5.73 Å². The van der Waals surface area contributed by atoms with Crippen LogP contribution in [0.25, 0.3) is 17.1 Å². The fraction of sp³-hybridized carbons (Fsp3) is 0. The van der Waals surface area contributed by atoms with Crippen LogP contribution in [0, 0.1) is 0 Å². The SMILES string of the molecule is Nc1cccn2c(-c3ccc(Cl)o3)nc(Cl)c12. The second-order valence-corrected chi connectivity index (χ2v) is 4.24. The Labute approximate surface area is 107 Å². The van der Waals surface area contributed by atoms with Crippen LogP contribution in [0.5, 0.6) is 0 Å². The first kappa shape index (κ1) is 10.5. The number of nitrogens with zero attached hydrogens (tertiary/aromatic N) is 2. The number of fused-ring (bicyclic) bond motifs is 1. The quantitative estimate of drug-likeness (QED) is 0.735. The van der Waals surface area contributed by atoms with Crippen LogP contribution in [-0.4, -0.2) is 9.38 Å². The highest BCUT2D eigenvalue weighted by Gasteiger charge is 2.15. The number of aromatic nitrogens is 2. The van der Waals surface area contributed by atoms with Crippen LogP contribution in [0.1, 0.15) is 0 Å². The Morgan fingerprint density at radius 2 is 2.06 bits per heavy atom. The average Bonchev–Trinajstić information content (AvgIpc) is 2.84. The van der Waals surface area contributed by atoms with Gasteiger partial charge in [0.1, 0.15) is 5.52 Å². The van der Waals surface area contributed by atoms with E-state index < -0.39 is 0 Å². The summed E-state index contributed by atoms with van der Waals surface area (Å²) >= 11 is 11.8. The van der Waals surface area contributed by atoms with Gasteiger partial charge >= 0.3 is 0 Å². The molecule has 0 radical (unpaired) electrons. The lowest BCUT2D eigenvalue weighted by molar-refractivity contribution is 0.579. The van der Waals surface area contributed by atoms with Gasteiger partial charge in [-0.3, -0.25) is 4.40 Å². The highest BCUT2D eigenvalue weighted by atomic mass is 35.5. The molecule has 0 fully saturated rings. The summed E-state index contributed by atoms with van der Waals surface area (Å²) in [6.07, 6.45) is 1.82. The van der Waals surface area contributed by atoms with E-state index in [0.29, 0.717) is 33.2 Å². The molecule has 3 aromatic heterocycles. The first-order chi connectivity index (χ1) is 8.16. The van der Waals surface area contributed by atoms with Crippen molar-refractivity contribution in [2.75, 3.05) is 5.73 Å². The van der Waals surface area contributed by atoms with Gasteiger partial charge in [-0.1, -0.05) is 11.6 Å². The van der Waals surface area contributed by atoms with Crippen molar-refractivity contribution < 1.29 is 4.42 Å². The Morgan fingerprint density at radius 1 is 1.24 bits per heavy atom. The molecule has 3 aromatic rings. The summed E-state index contributed by atoms with van der Waals surface area (Å²) in [7, 11) is 0. The maximum Gasteiger partial charge on any atom is 0.194 e. The summed E-state index contributed by atoms with van der Waals surface area (Å²) in [4.78, 5) is 4.23. The van der Waals surface area contributed by atoms with Crippen LogP contribution in [0.2, 0.25) is 10.4 Å². The zero-order chi connectivity index (χ0) is 12.0. The Hall–Kier alpha value is -1.65. The molecule has 86 valence electrons. The Balaban J connectivity index is 2.35. The standard InChI is InChI=1S/C11H7Cl2N3O/c12-8-4-3-7(17-8)11-15-10(13)9-6(14)2-1-5-16(9)11/h1-5H,14H2. The molecule has 17 heavy (non-hydrogen) atoms. The van der Waals surface area contributed by atoms with Crippen LogP contribution in [0.3, 0.4) is 0 Å². The third kappa shape index (κ3) is 1.57. The first-order valence-electron chi connectivity index (χ1n) is 4.84. The number of halogens is 2. The summed E-state index contributed by atoms with van der Waals surface area (Å²) in [5.41, 5.74) is 7.08. The lowest BCUT2D eigenvalue weighted by Gasteiger charge is -1.99. The van der Waals surface area contributed by atoms with Gasteiger partial charge in [0.25, 0.3) is 0 Å². The predicted octanol–water partition coefficient (Wildman–Crippen LogP) is 3.48. The van der Waals surface area contributed by atoms with Crippen LogP contribution in [0.4, 0.5) is 5.69 Å². The molecule has 0 aromatic carbocycles. The van der Waals surface area contributed by atoms with Crippen LogP contribution >= 0.6 is 23.2 Å². The molecule has 0 bridgehead atoms. The summed E-state index contributed by atoms with van der Waals surface area (Å²) in [6.45, 7) is 0. The molecule has 2 N–H and O–H groups in total. The summed E-state index contributed by atoms with van der Waals surface area (Å²) < 4.78 is 7.08. The smallest absolute Gasteiger partial charge is 0.194 e. The Kier molecular flexibility index (Phi) is 2.28. The van der Waals surface area contributed by atoms with E-state index in [1.54, 1.807) is 22.6 Å². The van der Waals surface area contributed by atoms with E-state index >= 15 is 0 Å². The van der Waals surface area contributed by atoms with Gasteiger partial charge in [0, 0.05) is 6.20 Å². The van der Waals surface area contributed by atoms with Gasteiger partial charge in [-0.25, -0.2) is 4.98 Å². The van der Waals surface area contributed by atoms with Crippen molar-refractivity contribution in [2.24, 2.45) is 0 Å². The number of nitrogens with two attached hydrogens (primary N) is 1. The molecule has 0 aliphatic rings. The van der Waals surface area contributed by atoms with Gasteiger partial charge in [0.05, 0.1) is 5.69 Å². The maximum absolute atomic E-state index is 6.05. The van der Waals surface area contributed by atoms with Crippen LogP contribution in [0.15, 0.2) is 34.9 Å². The van der Waals surface area contributed by atoms with E-state index in [4.69, 9.17) is 33.4 Å². The lowest BCUT2D eigenvalue weighted by atomic mass is 10.3. The lowest BCUT2D eigenvalue weighted by Crippen LogP contribution is -1.92. The Morgan fingerprint density at radius 3 is 2.76 bits per heavy atom. The summed E-state index contributed by atoms with van der Waals surface area (Å²) in [5, 5.41) is 0.641. The third-order valence-electron chi connectivity index (χ3n) is 2.45. The van der Waals surface area contributed by atoms with Gasteiger partial charge in [0.15, 0.2) is 22.0 Å². The van der Waals surface area contributed by atoms with Crippen molar-refractivity contribution >= 4 is 34.4 Å². The third-order valence-corrected chi connectivity index (χ3v) is 2.91. The number of hydrogen-bond donors (Lipinski definition) is 1. The molecular weight excluding hydrogens is 261 g/mol. The minimum absolute atomic E-state index is 0.303. The van der Waals surface area contributed by atoms with Gasteiger partial charge in [-0.15, -0.1) is 0 Å². The topological polar surface area (TPSA) is 56.5 Å². The average molecular weight is 268 g/mol. The van der Waals surface area contributed by atoms with Gasteiger partial charge in [-0.2, -0.15) is 0 Å². The molecule has 0 aliphatic heterocycles. The van der Waals surface area contributed by atoms with Crippen molar-refractivity contribution in [3.63, 3.8) is 0 Å². The molecule has 3 rings (SSSR count). The molecule has 0 spiro atoms. The largest absolute Gasteiger partial charge is 0.441 e. The number of anilines is 1. The molecule has 6 heteroatoms. The molecular formula is C11H7Cl2N3O. The van der Waals surface area contributed by atoms with E-state index in [0.717, 1.165) is 0 Å². The van der Waals surface area contributed by atoms with E-state index in [1.165, 1.54) is 0 Å². The monoisotopic (exact) mass is 267 g/mol. The fourth-order valence-corrected chi connectivity index (χ4v) is 2.15. The second kappa shape index (κ2) is 3.68. The van der Waals surface area contributed by atoms with Gasteiger partial charge < -0.3 is 10.2 Å². The molecule has 0 aliphatic carbocycles. The Bertz CT molecular complexity index is 702. The van der Waals surface area contributed by atoms with Crippen molar-refractivity contribution in [2.45, 2.75) is 0 Å². The van der Waals surface area contributed by atoms with E-state index in [1.807, 2.05) is 12.3 Å². The first-order valence-corrected chi connectivity index (χ1v) is 5.60. The molecule has 0 amide bonds. The molecule has 0 saturated carbocycles. The maximum atomic E-state index is 6.05. The second-order valence-electron chi connectivity index (χ2n) is 3.51. The van der Waals surface area contributed by atoms with Crippen molar-refractivity contribution in [1.29, 1.82) is 0 Å². The number of nitrogen functional groups attached to an aromatic ring is 1. The zero-order valence-corrected chi connectivity index (χ0v) is 10.0. The van der Waals surface area contributed by atoms with Gasteiger partial charge in [0.2, 0.25) is 0 Å². The normalized spacial score (nSPS) is 11.2.